The molecule has 1 fully saturated rings. The van der Waals surface area contributed by atoms with E-state index in [-0.39, 0.29) is 0 Å². The first kappa shape index (κ1) is 10.6. The van der Waals surface area contributed by atoms with Crippen molar-refractivity contribution >= 4 is 0 Å². The van der Waals surface area contributed by atoms with Crippen molar-refractivity contribution in [2.24, 2.45) is 0 Å². The Kier molecular flexibility index (Phi) is 4.95. The van der Waals surface area contributed by atoms with Crippen LogP contribution in [-0.4, -0.2) is 6.04 Å². The SMILES string of the molecule is CCC=C(CC)NC1CCCCC1. The van der Waals surface area contributed by atoms with Gasteiger partial charge in [-0.3, -0.25) is 0 Å². The molecule has 0 amide bonds. The summed E-state index contributed by atoms with van der Waals surface area (Å²) in [5.74, 6) is 0. The second kappa shape index (κ2) is 6.06. The molecule has 0 aliphatic heterocycles. The summed E-state index contributed by atoms with van der Waals surface area (Å²) in [6.07, 6.45) is 11.7. The van der Waals surface area contributed by atoms with Crippen LogP contribution in [0.2, 0.25) is 0 Å². The van der Waals surface area contributed by atoms with Crippen LogP contribution in [0.15, 0.2) is 11.8 Å². The standard InChI is InChI=1S/C12H23N/c1-3-8-11(4-2)13-12-9-6-5-7-10-12/h8,12-13H,3-7,9-10H2,1-2H3. The monoisotopic (exact) mass is 181 g/mol. The smallest absolute Gasteiger partial charge is 0.0258 e. The molecule has 1 aliphatic carbocycles. The Labute approximate surface area is 82.6 Å². The van der Waals surface area contributed by atoms with Crippen molar-refractivity contribution in [2.75, 3.05) is 0 Å². The second-order valence-electron chi connectivity index (χ2n) is 3.97. The van der Waals surface area contributed by atoms with Crippen LogP contribution >= 0.6 is 0 Å². The average Bonchev–Trinajstić information content (AvgIpc) is 2.19. The summed E-state index contributed by atoms with van der Waals surface area (Å²) in [7, 11) is 0. The molecule has 0 aromatic heterocycles. The number of allylic oxidation sites excluding steroid dienone is 2. The van der Waals surface area contributed by atoms with Gasteiger partial charge in [-0.1, -0.05) is 39.2 Å². The third kappa shape index (κ3) is 3.84. The summed E-state index contributed by atoms with van der Waals surface area (Å²) in [6, 6.07) is 0.770. The maximum atomic E-state index is 3.67. The fourth-order valence-corrected chi connectivity index (χ4v) is 2.06. The summed E-state index contributed by atoms with van der Waals surface area (Å²) in [5, 5.41) is 3.67. The normalized spacial score (nSPS) is 20.3. The van der Waals surface area contributed by atoms with E-state index in [1.807, 2.05) is 0 Å². The summed E-state index contributed by atoms with van der Waals surface area (Å²) in [6.45, 7) is 4.44. The molecule has 1 rings (SSSR count). The van der Waals surface area contributed by atoms with Crippen LogP contribution in [0.3, 0.4) is 0 Å². The van der Waals surface area contributed by atoms with Gasteiger partial charge in [-0.15, -0.1) is 0 Å². The molecule has 0 heterocycles. The molecule has 1 saturated carbocycles. The molecule has 0 aromatic rings. The van der Waals surface area contributed by atoms with Crippen molar-refractivity contribution in [1.82, 2.24) is 5.32 Å². The van der Waals surface area contributed by atoms with Gasteiger partial charge in [0, 0.05) is 11.7 Å². The molecule has 0 bridgehead atoms. The van der Waals surface area contributed by atoms with Gasteiger partial charge in [-0.25, -0.2) is 0 Å². The lowest BCUT2D eigenvalue weighted by Crippen LogP contribution is -2.30. The number of hydrogen-bond donors (Lipinski definition) is 1. The minimum atomic E-state index is 0.770. The van der Waals surface area contributed by atoms with E-state index in [0.29, 0.717) is 0 Å². The van der Waals surface area contributed by atoms with Crippen molar-refractivity contribution in [1.29, 1.82) is 0 Å². The Morgan fingerprint density at radius 1 is 1.23 bits per heavy atom. The predicted molar refractivity (Wildman–Crippen MR) is 58.7 cm³/mol. The molecule has 1 N–H and O–H groups in total. The number of nitrogens with one attached hydrogen (secondary N) is 1. The largest absolute Gasteiger partial charge is 0.386 e. The maximum Gasteiger partial charge on any atom is 0.0258 e. The van der Waals surface area contributed by atoms with Crippen molar-refractivity contribution < 1.29 is 0 Å². The lowest BCUT2D eigenvalue weighted by molar-refractivity contribution is 0.393. The summed E-state index contributed by atoms with van der Waals surface area (Å²) in [5.41, 5.74) is 1.45. The zero-order valence-corrected chi connectivity index (χ0v) is 9.10. The first-order valence-corrected chi connectivity index (χ1v) is 5.82. The van der Waals surface area contributed by atoms with Crippen LogP contribution in [-0.2, 0) is 0 Å². The van der Waals surface area contributed by atoms with Gasteiger partial charge in [-0.05, 0) is 25.7 Å². The summed E-state index contributed by atoms with van der Waals surface area (Å²) >= 11 is 0. The van der Waals surface area contributed by atoms with E-state index in [1.165, 1.54) is 37.8 Å². The molecule has 76 valence electrons. The van der Waals surface area contributed by atoms with E-state index in [4.69, 9.17) is 0 Å². The van der Waals surface area contributed by atoms with E-state index in [9.17, 15) is 0 Å². The number of rotatable bonds is 4. The first-order chi connectivity index (χ1) is 6.36. The highest BCUT2D eigenvalue weighted by molar-refractivity contribution is 5.00. The molecule has 0 spiro atoms. The van der Waals surface area contributed by atoms with E-state index in [2.05, 4.69) is 25.2 Å². The highest BCUT2D eigenvalue weighted by Crippen LogP contribution is 2.18. The fourth-order valence-electron chi connectivity index (χ4n) is 2.06. The molecule has 0 radical (unpaired) electrons. The fraction of sp³-hybridized carbons (Fsp3) is 0.833. The Morgan fingerprint density at radius 3 is 2.46 bits per heavy atom. The molecule has 0 atom stereocenters. The van der Waals surface area contributed by atoms with E-state index < -0.39 is 0 Å². The number of hydrogen-bond acceptors (Lipinski definition) is 1. The van der Waals surface area contributed by atoms with Crippen LogP contribution < -0.4 is 5.32 Å². The molecule has 0 aromatic carbocycles. The predicted octanol–water partition coefficient (Wildman–Crippen LogP) is 3.61. The third-order valence-electron chi connectivity index (χ3n) is 2.83. The van der Waals surface area contributed by atoms with Crippen LogP contribution in [0.4, 0.5) is 0 Å². The minimum absolute atomic E-state index is 0.770. The molecule has 0 unspecified atom stereocenters. The Balaban J connectivity index is 2.31. The zero-order chi connectivity index (χ0) is 9.52. The zero-order valence-electron chi connectivity index (χ0n) is 9.10. The van der Waals surface area contributed by atoms with E-state index >= 15 is 0 Å². The van der Waals surface area contributed by atoms with Crippen molar-refractivity contribution in [2.45, 2.75) is 64.8 Å². The van der Waals surface area contributed by atoms with Gasteiger partial charge in [0.2, 0.25) is 0 Å². The molecule has 13 heavy (non-hydrogen) atoms. The maximum absolute atomic E-state index is 3.67. The van der Waals surface area contributed by atoms with Gasteiger partial charge in [-0.2, -0.15) is 0 Å². The van der Waals surface area contributed by atoms with Crippen LogP contribution in [0.5, 0.6) is 0 Å². The van der Waals surface area contributed by atoms with Crippen LogP contribution in [0.25, 0.3) is 0 Å². The minimum Gasteiger partial charge on any atom is -0.386 e. The molecular weight excluding hydrogens is 158 g/mol. The van der Waals surface area contributed by atoms with Crippen molar-refractivity contribution in [3.8, 4) is 0 Å². The van der Waals surface area contributed by atoms with E-state index in [1.54, 1.807) is 0 Å². The molecule has 1 heteroatoms. The van der Waals surface area contributed by atoms with Crippen molar-refractivity contribution in [3.63, 3.8) is 0 Å². The second-order valence-corrected chi connectivity index (χ2v) is 3.97. The van der Waals surface area contributed by atoms with E-state index in [0.717, 1.165) is 18.9 Å². The Hall–Kier alpha value is -0.460. The van der Waals surface area contributed by atoms with Crippen LogP contribution in [0.1, 0.15) is 58.8 Å². The van der Waals surface area contributed by atoms with Gasteiger partial charge < -0.3 is 5.32 Å². The topological polar surface area (TPSA) is 12.0 Å². The van der Waals surface area contributed by atoms with Gasteiger partial charge in [0.25, 0.3) is 0 Å². The van der Waals surface area contributed by atoms with Gasteiger partial charge >= 0.3 is 0 Å². The Morgan fingerprint density at radius 2 is 1.92 bits per heavy atom. The lowest BCUT2D eigenvalue weighted by atomic mass is 9.95. The van der Waals surface area contributed by atoms with Gasteiger partial charge in [0.15, 0.2) is 0 Å². The molecule has 1 aliphatic rings. The van der Waals surface area contributed by atoms with Crippen molar-refractivity contribution in [3.05, 3.63) is 11.8 Å². The van der Waals surface area contributed by atoms with Gasteiger partial charge in [0.05, 0.1) is 0 Å². The summed E-state index contributed by atoms with van der Waals surface area (Å²) in [4.78, 5) is 0. The van der Waals surface area contributed by atoms with Crippen LogP contribution in [0, 0.1) is 0 Å². The lowest BCUT2D eigenvalue weighted by Gasteiger charge is -2.25. The third-order valence-corrected chi connectivity index (χ3v) is 2.83. The molecule has 0 saturated heterocycles. The first-order valence-electron chi connectivity index (χ1n) is 5.82. The highest BCUT2D eigenvalue weighted by atomic mass is 14.9. The average molecular weight is 181 g/mol. The quantitative estimate of drug-likeness (QED) is 0.698. The Bertz CT molecular complexity index is 155. The summed E-state index contributed by atoms with van der Waals surface area (Å²) < 4.78 is 0. The molecule has 1 nitrogen and oxygen atoms in total. The molecular formula is C12H23N. The highest BCUT2D eigenvalue weighted by Gasteiger charge is 2.12. The van der Waals surface area contributed by atoms with Gasteiger partial charge in [0.1, 0.15) is 0 Å².